The van der Waals surface area contributed by atoms with Gasteiger partial charge in [0.05, 0.1) is 11.8 Å². The first-order chi connectivity index (χ1) is 14.9. The number of carbonyl (C=O) groups excluding carboxylic acids is 3. The number of carbonyl (C=O) groups is 3. The topological polar surface area (TPSA) is 51.2 Å². The van der Waals surface area contributed by atoms with E-state index in [0.29, 0.717) is 5.56 Å². The molecule has 4 heteroatoms. The summed E-state index contributed by atoms with van der Waals surface area (Å²) in [6.45, 7) is 3.46. The van der Waals surface area contributed by atoms with Crippen LogP contribution in [0.2, 0.25) is 0 Å². The predicted octanol–water partition coefficient (Wildman–Crippen LogP) is 5.45. The predicted molar refractivity (Wildman–Crippen MR) is 118 cm³/mol. The molecule has 3 aromatic rings. The van der Waals surface area contributed by atoms with Crippen LogP contribution in [0.3, 0.4) is 0 Å². The Morgan fingerprint density at radius 2 is 1.32 bits per heavy atom. The molecule has 3 rings (SSSR count). The van der Waals surface area contributed by atoms with Crippen LogP contribution in [0.4, 0.5) is 4.39 Å². The number of hydrogen-bond acceptors (Lipinski definition) is 3. The van der Waals surface area contributed by atoms with Crippen molar-refractivity contribution in [3.63, 3.8) is 0 Å². The molecule has 2 atom stereocenters. The van der Waals surface area contributed by atoms with Crippen LogP contribution in [-0.2, 0) is 16.0 Å². The molecule has 0 heterocycles. The zero-order valence-electron chi connectivity index (χ0n) is 17.6. The summed E-state index contributed by atoms with van der Waals surface area (Å²) in [6.07, 6.45) is 0.0595. The van der Waals surface area contributed by atoms with E-state index in [1.54, 1.807) is 38.1 Å². The van der Waals surface area contributed by atoms with Crippen LogP contribution in [-0.4, -0.2) is 17.3 Å². The highest BCUT2D eigenvalue weighted by atomic mass is 19.1. The Morgan fingerprint density at radius 3 is 1.87 bits per heavy atom. The number of benzene rings is 3. The molecular formula is C27H25FO3. The average Bonchev–Trinajstić information content (AvgIpc) is 2.78. The maximum atomic E-state index is 13.6. The molecule has 0 N–H and O–H groups in total. The van der Waals surface area contributed by atoms with Gasteiger partial charge in [0.15, 0.2) is 5.78 Å². The molecule has 3 nitrogen and oxygen atoms in total. The Balaban J connectivity index is 2.08. The van der Waals surface area contributed by atoms with Crippen LogP contribution in [0, 0.1) is 17.7 Å². The molecule has 0 saturated heterocycles. The fraction of sp³-hybridized carbons (Fsp3) is 0.222. The first kappa shape index (κ1) is 22.3. The van der Waals surface area contributed by atoms with Crippen molar-refractivity contribution < 1.29 is 18.8 Å². The summed E-state index contributed by atoms with van der Waals surface area (Å²) in [7, 11) is 0. The summed E-state index contributed by atoms with van der Waals surface area (Å²) in [5.41, 5.74) is 1.65. The zero-order valence-corrected chi connectivity index (χ0v) is 17.6. The summed E-state index contributed by atoms with van der Waals surface area (Å²) in [4.78, 5) is 40.2. The highest BCUT2D eigenvalue weighted by Gasteiger charge is 2.40. The SMILES string of the molecule is CC(C)C(=O)C(C(=O)Cc1ccccc1)C(C(=O)c1ccc(F)cc1)c1ccccc1. The lowest BCUT2D eigenvalue weighted by Gasteiger charge is -2.26. The number of hydrogen-bond donors (Lipinski definition) is 0. The van der Waals surface area contributed by atoms with E-state index in [1.165, 1.54) is 24.3 Å². The monoisotopic (exact) mass is 416 g/mol. The minimum atomic E-state index is -1.12. The van der Waals surface area contributed by atoms with Gasteiger partial charge in [0.25, 0.3) is 0 Å². The van der Waals surface area contributed by atoms with E-state index in [4.69, 9.17) is 0 Å². The quantitative estimate of drug-likeness (QED) is 0.344. The summed E-state index contributed by atoms with van der Waals surface area (Å²) in [5.74, 6) is -3.91. The first-order valence-corrected chi connectivity index (χ1v) is 10.3. The molecule has 0 amide bonds. The highest BCUT2D eigenvalue weighted by molar-refractivity contribution is 6.12. The normalized spacial score (nSPS) is 12.9. The smallest absolute Gasteiger partial charge is 0.171 e. The van der Waals surface area contributed by atoms with Gasteiger partial charge in [-0.15, -0.1) is 0 Å². The molecular weight excluding hydrogens is 391 g/mol. The van der Waals surface area contributed by atoms with Crippen molar-refractivity contribution in [1.82, 2.24) is 0 Å². The van der Waals surface area contributed by atoms with Crippen LogP contribution in [0.25, 0.3) is 0 Å². The van der Waals surface area contributed by atoms with Gasteiger partial charge in [-0.3, -0.25) is 14.4 Å². The van der Waals surface area contributed by atoms with Crippen molar-refractivity contribution >= 4 is 17.3 Å². The van der Waals surface area contributed by atoms with Crippen molar-refractivity contribution in [3.05, 3.63) is 107 Å². The molecule has 0 aliphatic heterocycles. The zero-order chi connectivity index (χ0) is 22.4. The minimum Gasteiger partial charge on any atom is -0.299 e. The van der Waals surface area contributed by atoms with E-state index < -0.39 is 23.6 Å². The minimum absolute atomic E-state index is 0.0595. The molecule has 0 fully saturated rings. The molecule has 3 aromatic carbocycles. The molecule has 158 valence electrons. The van der Waals surface area contributed by atoms with E-state index in [1.807, 2.05) is 36.4 Å². The van der Waals surface area contributed by atoms with Crippen LogP contribution in [0.1, 0.15) is 41.3 Å². The molecule has 31 heavy (non-hydrogen) atoms. The maximum absolute atomic E-state index is 13.6. The lowest BCUT2D eigenvalue weighted by molar-refractivity contribution is -0.134. The highest BCUT2D eigenvalue weighted by Crippen LogP contribution is 2.33. The Kier molecular flexibility index (Phi) is 7.24. The van der Waals surface area contributed by atoms with Gasteiger partial charge >= 0.3 is 0 Å². The second-order valence-corrected chi connectivity index (χ2v) is 7.92. The molecule has 2 unspecified atom stereocenters. The summed E-state index contributed by atoms with van der Waals surface area (Å²) in [5, 5.41) is 0. The molecule has 0 aliphatic carbocycles. The Labute approximate surface area is 181 Å². The molecule has 0 aliphatic rings. The Hall–Kier alpha value is -3.40. The van der Waals surface area contributed by atoms with Gasteiger partial charge in [0.1, 0.15) is 17.4 Å². The lowest BCUT2D eigenvalue weighted by atomic mass is 9.73. The Morgan fingerprint density at radius 1 is 0.774 bits per heavy atom. The molecule has 0 spiro atoms. The van der Waals surface area contributed by atoms with E-state index in [0.717, 1.165) is 5.56 Å². The van der Waals surface area contributed by atoms with Crippen LogP contribution < -0.4 is 0 Å². The van der Waals surface area contributed by atoms with Crippen molar-refractivity contribution in [1.29, 1.82) is 0 Å². The van der Waals surface area contributed by atoms with Gasteiger partial charge in [-0.1, -0.05) is 74.5 Å². The number of halogens is 1. The van der Waals surface area contributed by atoms with Crippen LogP contribution in [0.15, 0.2) is 84.9 Å². The van der Waals surface area contributed by atoms with Crippen LogP contribution >= 0.6 is 0 Å². The van der Waals surface area contributed by atoms with Crippen molar-refractivity contribution in [2.75, 3.05) is 0 Å². The molecule has 0 bridgehead atoms. The second-order valence-electron chi connectivity index (χ2n) is 7.92. The third-order valence-corrected chi connectivity index (χ3v) is 5.35. The molecule has 0 radical (unpaired) electrons. The van der Waals surface area contributed by atoms with Crippen molar-refractivity contribution in [2.45, 2.75) is 26.2 Å². The summed E-state index contributed by atoms with van der Waals surface area (Å²) >= 11 is 0. The fourth-order valence-electron chi connectivity index (χ4n) is 3.72. The third kappa shape index (κ3) is 5.40. The number of ketones is 3. The summed E-state index contributed by atoms with van der Waals surface area (Å²) in [6, 6.07) is 23.3. The third-order valence-electron chi connectivity index (χ3n) is 5.35. The number of Topliss-reactive ketones (excluding diaryl/α,β-unsaturated/α-hetero) is 3. The van der Waals surface area contributed by atoms with Crippen molar-refractivity contribution in [3.8, 4) is 0 Å². The van der Waals surface area contributed by atoms with Gasteiger partial charge in [-0.05, 0) is 35.4 Å². The molecule has 0 aromatic heterocycles. The lowest BCUT2D eigenvalue weighted by Crippen LogP contribution is -2.37. The Bertz CT molecular complexity index is 1040. The van der Waals surface area contributed by atoms with E-state index in [2.05, 4.69) is 0 Å². The van der Waals surface area contributed by atoms with E-state index >= 15 is 0 Å². The van der Waals surface area contributed by atoms with Gasteiger partial charge in [-0.25, -0.2) is 4.39 Å². The van der Waals surface area contributed by atoms with Crippen molar-refractivity contribution in [2.24, 2.45) is 11.8 Å². The standard InChI is InChI=1S/C27H25FO3/c1-18(2)26(30)25(23(29)17-19-9-5-3-6-10-19)24(20-11-7-4-8-12-20)27(31)21-13-15-22(28)16-14-21/h3-16,18,24-25H,17H2,1-2H3. The van der Waals surface area contributed by atoms with Gasteiger partial charge in [0, 0.05) is 17.9 Å². The fourth-order valence-corrected chi connectivity index (χ4v) is 3.72. The summed E-state index contributed by atoms with van der Waals surface area (Å²) < 4.78 is 13.4. The second kappa shape index (κ2) is 10.1. The van der Waals surface area contributed by atoms with Gasteiger partial charge in [-0.2, -0.15) is 0 Å². The van der Waals surface area contributed by atoms with Crippen LogP contribution in [0.5, 0.6) is 0 Å². The average molecular weight is 416 g/mol. The van der Waals surface area contributed by atoms with E-state index in [-0.39, 0.29) is 29.3 Å². The number of rotatable bonds is 9. The van der Waals surface area contributed by atoms with E-state index in [9.17, 15) is 18.8 Å². The molecule has 0 saturated carbocycles. The van der Waals surface area contributed by atoms with Gasteiger partial charge < -0.3 is 0 Å². The largest absolute Gasteiger partial charge is 0.299 e. The van der Waals surface area contributed by atoms with Gasteiger partial charge in [0.2, 0.25) is 0 Å². The maximum Gasteiger partial charge on any atom is 0.171 e. The first-order valence-electron chi connectivity index (χ1n) is 10.3.